The van der Waals surface area contributed by atoms with Gasteiger partial charge in [-0.3, -0.25) is 0 Å². The van der Waals surface area contributed by atoms with E-state index in [1.54, 1.807) is 0 Å². The van der Waals surface area contributed by atoms with E-state index in [-0.39, 0.29) is 29.8 Å². The Morgan fingerprint density at radius 1 is 1.10 bits per heavy atom. The second-order valence-corrected chi connectivity index (χ2v) is 6.27. The van der Waals surface area contributed by atoms with Gasteiger partial charge < -0.3 is 25.2 Å². The summed E-state index contributed by atoms with van der Waals surface area (Å²) >= 11 is 0. The van der Waals surface area contributed by atoms with Crippen molar-refractivity contribution in [1.82, 2.24) is 10.6 Å². The van der Waals surface area contributed by atoms with Gasteiger partial charge in [0.2, 0.25) is 0 Å². The third-order valence-corrected chi connectivity index (χ3v) is 4.68. The molecule has 3 N–H and O–H groups in total. The summed E-state index contributed by atoms with van der Waals surface area (Å²) in [7, 11) is 0. The normalized spacial score (nSPS) is 36.1. The van der Waals surface area contributed by atoms with Gasteiger partial charge in [0, 0.05) is 31.9 Å². The third kappa shape index (κ3) is 3.24. The molecule has 2 amide bonds. The average molecular weight is 284 g/mol. The molecule has 3 fully saturated rings. The van der Waals surface area contributed by atoms with Crippen LogP contribution in [0.1, 0.15) is 38.5 Å². The summed E-state index contributed by atoms with van der Waals surface area (Å²) in [6.07, 6.45) is 4.67. The van der Waals surface area contributed by atoms with E-state index in [1.165, 1.54) is 0 Å². The summed E-state index contributed by atoms with van der Waals surface area (Å²) in [5.41, 5.74) is -0.0961. The average Bonchev–Trinajstić information content (AvgIpc) is 2.38. The Balaban J connectivity index is 1.46. The first-order valence-corrected chi connectivity index (χ1v) is 7.62. The Hall–Kier alpha value is -0.850. The number of carbonyl (C=O) groups excluding carboxylic acids is 1. The molecule has 1 saturated carbocycles. The predicted octanol–water partition coefficient (Wildman–Crippen LogP) is 0.537. The topological polar surface area (TPSA) is 79.8 Å². The number of aliphatic hydroxyl groups excluding tert-OH is 1. The number of urea groups is 1. The number of hydrogen-bond acceptors (Lipinski definition) is 4. The summed E-state index contributed by atoms with van der Waals surface area (Å²) < 4.78 is 11.4. The molecule has 0 radical (unpaired) electrons. The van der Waals surface area contributed by atoms with Crippen molar-refractivity contribution in [3.63, 3.8) is 0 Å². The van der Waals surface area contributed by atoms with Crippen molar-refractivity contribution in [3.8, 4) is 0 Å². The summed E-state index contributed by atoms with van der Waals surface area (Å²) in [5.74, 6) is 0. The van der Waals surface area contributed by atoms with Crippen LogP contribution in [0.4, 0.5) is 4.79 Å². The van der Waals surface area contributed by atoms with Crippen molar-refractivity contribution in [1.29, 1.82) is 0 Å². The maximum absolute atomic E-state index is 11.9. The van der Waals surface area contributed by atoms with Crippen LogP contribution in [0, 0.1) is 0 Å². The lowest BCUT2D eigenvalue weighted by Crippen LogP contribution is -2.55. The molecule has 1 spiro atoms. The van der Waals surface area contributed by atoms with Crippen LogP contribution in [0.15, 0.2) is 0 Å². The second kappa shape index (κ2) is 5.87. The van der Waals surface area contributed by atoms with Gasteiger partial charge in [-0.05, 0) is 38.5 Å². The maximum atomic E-state index is 11.9. The maximum Gasteiger partial charge on any atom is 0.315 e. The van der Waals surface area contributed by atoms with Crippen LogP contribution < -0.4 is 10.6 Å². The van der Waals surface area contributed by atoms with Crippen LogP contribution in [0.5, 0.6) is 0 Å². The van der Waals surface area contributed by atoms with Gasteiger partial charge in [-0.15, -0.1) is 0 Å². The Bertz CT molecular complexity index is 346. The fourth-order valence-electron chi connectivity index (χ4n) is 3.36. The molecule has 1 aliphatic carbocycles. The number of aliphatic hydroxyl groups is 1. The first-order valence-electron chi connectivity index (χ1n) is 7.62. The van der Waals surface area contributed by atoms with E-state index in [2.05, 4.69) is 10.6 Å². The standard InChI is InChI=1S/C14H24N2O4/c17-12-7-11(8-12)16-13(18)15-10-1-4-20-14(9-10)2-5-19-6-3-14/h10-12,17H,1-9H2,(H2,15,16,18). The monoisotopic (exact) mass is 284 g/mol. The zero-order valence-electron chi connectivity index (χ0n) is 11.8. The van der Waals surface area contributed by atoms with Crippen LogP contribution in [0.2, 0.25) is 0 Å². The number of ether oxygens (including phenoxy) is 2. The van der Waals surface area contributed by atoms with Gasteiger partial charge in [-0.2, -0.15) is 0 Å². The summed E-state index contributed by atoms with van der Waals surface area (Å²) in [6, 6.07) is 0.185. The first kappa shape index (κ1) is 14.1. The molecule has 114 valence electrons. The Morgan fingerprint density at radius 3 is 2.50 bits per heavy atom. The van der Waals surface area contributed by atoms with E-state index in [0.717, 1.165) is 38.9 Å². The highest BCUT2D eigenvalue weighted by Crippen LogP contribution is 2.34. The fraction of sp³-hybridized carbons (Fsp3) is 0.929. The zero-order valence-corrected chi connectivity index (χ0v) is 11.8. The molecule has 3 rings (SSSR count). The van der Waals surface area contributed by atoms with Crippen LogP contribution in [-0.2, 0) is 9.47 Å². The quantitative estimate of drug-likeness (QED) is 0.691. The molecule has 6 nitrogen and oxygen atoms in total. The van der Waals surface area contributed by atoms with Crippen molar-refractivity contribution in [2.45, 2.75) is 62.3 Å². The third-order valence-electron chi connectivity index (χ3n) is 4.68. The van der Waals surface area contributed by atoms with Crippen LogP contribution in [0.3, 0.4) is 0 Å². The van der Waals surface area contributed by atoms with E-state index in [4.69, 9.17) is 9.47 Å². The Kier molecular flexibility index (Phi) is 4.14. The highest BCUT2D eigenvalue weighted by Gasteiger charge is 2.39. The molecular formula is C14H24N2O4. The SMILES string of the molecule is O=C(NC1CC(O)C1)NC1CCOC2(CCOCC2)C1. The van der Waals surface area contributed by atoms with Gasteiger partial charge in [0.1, 0.15) is 0 Å². The molecule has 1 atom stereocenters. The van der Waals surface area contributed by atoms with E-state index in [0.29, 0.717) is 19.4 Å². The van der Waals surface area contributed by atoms with Gasteiger partial charge in [0.05, 0.1) is 11.7 Å². The molecule has 3 aliphatic rings. The lowest BCUT2D eigenvalue weighted by atomic mass is 9.84. The van der Waals surface area contributed by atoms with Crippen molar-refractivity contribution in [2.75, 3.05) is 19.8 Å². The van der Waals surface area contributed by atoms with E-state index < -0.39 is 0 Å². The molecule has 0 aromatic heterocycles. The van der Waals surface area contributed by atoms with Gasteiger partial charge in [0.15, 0.2) is 0 Å². The predicted molar refractivity (Wildman–Crippen MR) is 72.5 cm³/mol. The van der Waals surface area contributed by atoms with Gasteiger partial charge in [0.25, 0.3) is 0 Å². The van der Waals surface area contributed by atoms with Crippen LogP contribution >= 0.6 is 0 Å². The molecule has 6 heteroatoms. The minimum absolute atomic E-state index is 0.0961. The smallest absolute Gasteiger partial charge is 0.315 e. The number of hydrogen-bond donors (Lipinski definition) is 3. The molecule has 0 aromatic rings. The number of nitrogens with one attached hydrogen (secondary N) is 2. The van der Waals surface area contributed by atoms with Gasteiger partial charge in [-0.25, -0.2) is 4.79 Å². The Morgan fingerprint density at radius 2 is 1.80 bits per heavy atom. The highest BCUT2D eigenvalue weighted by molar-refractivity contribution is 5.74. The molecule has 2 heterocycles. The molecule has 20 heavy (non-hydrogen) atoms. The number of amides is 2. The Labute approximate surface area is 119 Å². The lowest BCUT2D eigenvalue weighted by Gasteiger charge is -2.43. The lowest BCUT2D eigenvalue weighted by molar-refractivity contribution is -0.139. The molecule has 2 aliphatic heterocycles. The van der Waals surface area contributed by atoms with Crippen molar-refractivity contribution < 1.29 is 19.4 Å². The molecule has 1 unspecified atom stereocenters. The molecule has 0 bridgehead atoms. The molecular weight excluding hydrogens is 260 g/mol. The zero-order chi connectivity index (χ0) is 14.0. The minimum atomic E-state index is -0.242. The van der Waals surface area contributed by atoms with Crippen molar-refractivity contribution >= 4 is 6.03 Å². The first-order chi connectivity index (χ1) is 9.65. The summed E-state index contributed by atoms with van der Waals surface area (Å²) in [5, 5.41) is 15.2. The number of carbonyl (C=O) groups is 1. The number of rotatable bonds is 2. The highest BCUT2D eigenvalue weighted by atomic mass is 16.5. The minimum Gasteiger partial charge on any atom is -0.393 e. The summed E-state index contributed by atoms with van der Waals surface area (Å²) in [6.45, 7) is 2.20. The van der Waals surface area contributed by atoms with Crippen LogP contribution in [-0.4, -0.2) is 54.7 Å². The fourth-order valence-corrected chi connectivity index (χ4v) is 3.36. The molecule has 0 aromatic carbocycles. The van der Waals surface area contributed by atoms with Crippen molar-refractivity contribution in [3.05, 3.63) is 0 Å². The molecule has 2 saturated heterocycles. The van der Waals surface area contributed by atoms with E-state index in [9.17, 15) is 9.90 Å². The largest absolute Gasteiger partial charge is 0.393 e. The van der Waals surface area contributed by atoms with Crippen LogP contribution in [0.25, 0.3) is 0 Å². The second-order valence-electron chi connectivity index (χ2n) is 6.27. The van der Waals surface area contributed by atoms with Crippen molar-refractivity contribution in [2.24, 2.45) is 0 Å². The van der Waals surface area contributed by atoms with E-state index >= 15 is 0 Å². The van der Waals surface area contributed by atoms with Gasteiger partial charge in [-0.1, -0.05) is 0 Å². The van der Waals surface area contributed by atoms with E-state index in [1.807, 2.05) is 0 Å². The van der Waals surface area contributed by atoms with Gasteiger partial charge >= 0.3 is 6.03 Å². The summed E-state index contributed by atoms with van der Waals surface area (Å²) in [4.78, 5) is 11.9.